The lowest BCUT2D eigenvalue weighted by molar-refractivity contribution is -0.171. The minimum atomic E-state index is -0.525. The van der Waals surface area contributed by atoms with Crippen molar-refractivity contribution in [1.82, 2.24) is 9.80 Å². The molecular weight excluding hydrogens is 508 g/mol. The Bertz CT molecular complexity index is 974. The van der Waals surface area contributed by atoms with Crippen LogP contribution < -0.4 is 0 Å². The first kappa shape index (κ1) is 25.9. The van der Waals surface area contributed by atoms with Crippen LogP contribution in [0.25, 0.3) is 0 Å². The number of nitrogens with zero attached hydrogens (tertiary/aromatic N) is 2. The molecule has 0 spiro atoms. The van der Waals surface area contributed by atoms with Gasteiger partial charge in [0.2, 0.25) is 6.29 Å². The first-order valence-corrected chi connectivity index (χ1v) is 13.3. The van der Waals surface area contributed by atoms with Crippen LogP contribution in [0.2, 0.25) is 0 Å². The number of halogens is 1. The summed E-state index contributed by atoms with van der Waals surface area (Å²) in [5.74, 6) is 0.283. The van der Waals surface area contributed by atoms with Gasteiger partial charge < -0.3 is 19.5 Å². The lowest BCUT2D eigenvalue weighted by atomic mass is 9.80. The van der Waals surface area contributed by atoms with Crippen LogP contribution in [0.1, 0.15) is 36.8 Å². The van der Waals surface area contributed by atoms with Crippen molar-refractivity contribution in [1.29, 1.82) is 0 Å². The molecule has 3 atom stereocenters. The van der Waals surface area contributed by atoms with Gasteiger partial charge >= 0.3 is 0 Å². The third kappa shape index (κ3) is 6.73. The van der Waals surface area contributed by atoms with E-state index in [9.17, 15) is 9.90 Å². The number of aliphatic hydroxyl groups excluding tert-OH is 1. The quantitative estimate of drug-likeness (QED) is 0.503. The first-order chi connectivity index (χ1) is 17.1. The van der Waals surface area contributed by atoms with Gasteiger partial charge in [0.15, 0.2) is 5.76 Å². The molecule has 1 saturated heterocycles. The third-order valence-corrected chi connectivity index (χ3v) is 7.31. The van der Waals surface area contributed by atoms with Gasteiger partial charge in [-0.2, -0.15) is 0 Å². The van der Waals surface area contributed by atoms with E-state index in [1.54, 1.807) is 0 Å². The van der Waals surface area contributed by atoms with Crippen LogP contribution in [0.3, 0.4) is 0 Å². The maximum atomic E-state index is 13.5. The van der Waals surface area contributed by atoms with E-state index in [2.05, 4.69) is 57.2 Å². The molecule has 0 aliphatic carbocycles. The molecule has 0 radical (unpaired) electrons. The second-order valence-electron chi connectivity index (χ2n) is 9.13. The zero-order valence-corrected chi connectivity index (χ0v) is 21.9. The second kappa shape index (κ2) is 12.7. The Labute approximate surface area is 216 Å². The number of benzene rings is 2. The van der Waals surface area contributed by atoms with Crippen molar-refractivity contribution in [2.45, 2.75) is 38.5 Å². The van der Waals surface area contributed by atoms with E-state index in [0.717, 1.165) is 36.1 Å². The molecule has 1 amide bonds. The normalized spacial score (nSPS) is 23.0. The van der Waals surface area contributed by atoms with Gasteiger partial charge in [-0.05, 0) is 49.1 Å². The Morgan fingerprint density at radius 1 is 1.09 bits per heavy atom. The minimum Gasteiger partial charge on any atom is -0.459 e. The van der Waals surface area contributed by atoms with Gasteiger partial charge in [0, 0.05) is 62.2 Å². The standard InChI is InChI=1S/C28H35BrN2O4/c1-2-34-28-24(9-6-18-32)25(22-10-12-23(29)13-11-22)19-26(35-28)27(33)31-16-14-30(15-17-31)20-21-7-4-3-5-8-21/h3-5,7-8,10-13,19,24-25,28,32H,2,6,9,14-18,20H2,1H3/t24-,25+,28+/m0/s1. The number of hydrogen-bond donors (Lipinski definition) is 1. The zero-order chi connectivity index (χ0) is 24.6. The highest BCUT2D eigenvalue weighted by Gasteiger charge is 2.39. The van der Waals surface area contributed by atoms with Gasteiger partial charge in [-0.1, -0.05) is 58.4 Å². The number of rotatable bonds is 9. The predicted molar refractivity (Wildman–Crippen MR) is 140 cm³/mol. The van der Waals surface area contributed by atoms with Crippen LogP contribution in [-0.2, 0) is 20.8 Å². The molecule has 1 fully saturated rings. The van der Waals surface area contributed by atoms with Crippen LogP contribution in [0.5, 0.6) is 0 Å². The van der Waals surface area contributed by atoms with Gasteiger partial charge in [0.25, 0.3) is 5.91 Å². The van der Waals surface area contributed by atoms with Crippen molar-refractivity contribution in [2.75, 3.05) is 39.4 Å². The third-order valence-electron chi connectivity index (χ3n) is 6.79. The van der Waals surface area contributed by atoms with E-state index in [4.69, 9.17) is 9.47 Å². The van der Waals surface area contributed by atoms with E-state index >= 15 is 0 Å². The van der Waals surface area contributed by atoms with Crippen molar-refractivity contribution in [2.24, 2.45) is 5.92 Å². The molecule has 2 aliphatic heterocycles. The molecule has 2 aromatic carbocycles. The number of piperazine rings is 1. The number of hydrogen-bond acceptors (Lipinski definition) is 5. The summed E-state index contributed by atoms with van der Waals surface area (Å²) in [5.41, 5.74) is 2.40. The number of aliphatic hydroxyl groups is 1. The topological polar surface area (TPSA) is 62.2 Å². The average Bonchev–Trinajstić information content (AvgIpc) is 2.89. The van der Waals surface area contributed by atoms with Crippen molar-refractivity contribution in [3.05, 3.63) is 82.0 Å². The maximum Gasteiger partial charge on any atom is 0.288 e. The second-order valence-corrected chi connectivity index (χ2v) is 10.0. The molecule has 35 heavy (non-hydrogen) atoms. The molecule has 0 bridgehead atoms. The Balaban J connectivity index is 1.49. The Morgan fingerprint density at radius 3 is 2.46 bits per heavy atom. The van der Waals surface area contributed by atoms with Crippen LogP contribution in [-0.4, -0.2) is 66.5 Å². The number of amides is 1. The summed E-state index contributed by atoms with van der Waals surface area (Å²) in [6.07, 6.45) is 2.85. The van der Waals surface area contributed by atoms with Crippen LogP contribution >= 0.6 is 15.9 Å². The van der Waals surface area contributed by atoms with Crippen LogP contribution in [0, 0.1) is 5.92 Å². The van der Waals surface area contributed by atoms with Crippen molar-refractivity contribution >= 4 is 21.8 Å². The summed E-state index contributed by atoms with van der Waals surface area (Å²) >= 11 is 3.51. The van der Waals surface area contributed by atoms with Crippen molar-refractivity contribution < 1.29 is 19.4 Å². The highest BCUT2D eigenvalue weighted by atomic mass is 79.9. The largest absolute Gasteiger partial charge is 0.459 e. The van der Waals surface area contributed by atoms with E-state index < -0.39 is 6.29 Å². The summed E-state index contributed by atoms with van der Waals surface area (Å²) < 4.78 is 13.2. The summed E-state index contributed by atoms with van der Waals surface area (Å²) in [6, 6.07) is 18.6. The maximum absolute atomic E-state index is 13.5. The van der Waals surface area contributed by atoms with E-state index in [-0.39, 0.29) is 24.3 Å². The summed E-state index contributed by atoms with van der Waals surface area (Å²) in [6.45, 7) is 6.44. The molecule has 4 rings (SSSR count). The molecule has 2 aromatic rings. The Morgan fingerprint density at radius 2 is 1.80 bits per heavy atom. The molecule has 188 valence electrons. The monoisotopic (exact) mass is 542 g/mol. The lowest BCUT2D eigenvalue weighted by Crippen LogP contribution is -2.49. The zero-order valence-electron chi connectivity index (χ0n) is 20.3. The molecule has 6 nitrogen and oxygen atoms in total. The van der Waals surface area contributed by atoms with Gasteiger partial charge in [-0.25, -0.2) is 0 Å². The molecule has 0 saturated carbocycles. The van der Waals surface area contributed by atoms with E-state index in [0.29, 0.717) is 31.9 Å². The van der Waals surface area contributed by atoms with Crippen molar-refractivity contribution in [3.63, 3.8) is 0 Å². The molecular formula is C28H35BrN2O4. The Hall–Kier alpha value is -2.19. The summed E-state index contributed by atoms with van der Waals surface area (Å²) in [7, 11) is 0. The number of carbonyl (C=O) groups excluding carboxylic acids is 1. The SMILES string of the molecule is CCO[C@@H]1OC(C(=O)N2CCN(Cc3ccccc3)CC2)=C[C@H](c2ccc(Br)cc2)[C@@H]1CCCO. The minimum absolute atomic E-state index is 0.0162. The highest BCUT2D eigenvalue weighted by molar-refractivity contribution is 9.10. The van der Waals surface area contributed by atoms with Gasteiger partial charge in [-0.3, -0.25) is 9.69 Å². The number of carbonyl (C=O) groups is 1. The lowest BCUT2D eigenvalue weighted by Gasteiger charge is -2.39. The molecule has 7 heteroatoms. The van der Waals surface area contributed by atoms with E-state index in [1.807, 2.05) is 36.1 Å². The number of allylic oxidation sites excluding steroid dienone is 1. The Kier molecular flexibility index (Phi) is 9.38. The van der Waals surface area contributed by atoms with Gasteiger partial charge in [-0.15, -0.1) is 0 Å². The predicted octanol–water partition coefficient (Wildman–Crippen LogP) is 4.54. The number of ether oxygens (including phenoxy) is 2. The molecule has 2 heterocycles. The smallest absolute Gasteiger partial charge is 0.288 e. The molecule has 0 aromatic heterocycles. The average molecular weight is 544 g/mol. The highest BCUT2D eigenvalue weighted by Crippen LogP contribution is 2.40. The fraction of sp³-hybridized carbons (Fsp3) is 0.464. The fourth-order valence-corrected chi connectivity index (χ4v) is 5.19. The first-order valence-electron chi connectivity index (χ1n) is 12.5. The molecule has 2 aliphatic rings. The molecule has 0 unspecified atom stereocenters. The van der Waals surface area contributed by atoms with Crippen LogP contribution in [0.4, 0.5) is 0 Å². The van der Waals surface area contributed by atoms with E-state index in [1.165, 1.54) is 5.56 Å². The van der Waals surface area contributed by atoms with Crippen LogP contribution in [0.15, 0.2) is 70.9 Å². The van der Waals surface area contributed by atoms with Crippen molar-refractivity contribution in [3.8, 4) is 0 Å². The van der Waals surface area contributed by atoms with Gasteiger partial charge in [0.05, 0.1) is 0 Å². The summed E-state index contributed by atoms with van der Waals surface area (Å²) in [4.78, 5) is 17.8. The van der Waals surface area contributed by atoms with Gasteiger partial charge in [0.1, 0.15) is 0 Å². The summed E-state index contributed by atoms with van der Waals surface area (Å²) in [5, 5.41) is 9.46. The fourth-order valence-electron chi connectivity index (χ4n) is 4.93. The molecule has 1 N–H and O–H groups in total.